The van der Waals surface area contributed by atoms with E-state index in [4.69, 9.17) is 4.74 Å². The van der Waals surface area contributed by atoms with Crippen molar-refractivity contribution in [3.8, 4) is 5.75 Å². The smallest absolute Gasteiger partial charge is 0.251 e. The molecule has 1 N–H and O–H groups in total. The Morgan fingerprint density at radius 2 is 1.87 bits per heavy atom. The molecule has 0 radical (unpaired) electrons. The van der Waals surface area contributed by atoms with Gasteiger partial charge in [-0.15, -0.1) is 0 Å². The van der Waals surface area contributed by atoms with Crippen molar-refractivity contribution in [3.05, 3.63) is 29.8 Å². The fourth-order valence-electron chi connectivity index (χ4n) is 3.45. The molecule has 23 heavy (non-hydrogen) atoms. The molecule has 4 nitrogen and oxygen atoms in total. The molecule has 0 aliphatic carbocycles. The predicted octanol–water partition coefficient (Wildman–Crippen LogP) is 3.18. The zero-order valence-electron chi connectivity index (χ0n) is 14.7. The van der Waals surface area contributed by atoms with Gasteiger partial charge in [0, 0.05) is 25.2 Å². The highest BCUT2D eigenvalue weighted by Crippen LogP contribution is 2.20. The first-order valence-corrected chi connectivity index (χ1v) is 8.82. The summed E-state index contributed by atoms with van der Waals surface area (Å²) in [5.74, 6) is 2.38. The number of rotatable bonds is 7. The van der Waals surface area contributed by atoms with E-state index in [2.05, 4.69) is 24.1 Å². The normalized spacial score (nSPS) is 21.9. The molecule has 128 valence electrons. The van der Waals surface area contributed by atoms with Crippen LogP contribution in [0.25, 0.3) is 0 Å². The largest absolute Gasteiger partial charge is 0.494 e. The van der Waals surface area contributed by atoms with E-state index in [1.807, 2.05) is 31.2 Å². The Morgan fingerprint density at radius 3 is 2.48 bits per heavy atom. The maximum Gasteiger partial charge on any atom is 0.251 e. The van der Waals surface area contributed by atoms with Gasteiger partial charge in [0.15, 0.2) is 0 Å². The molecule has 1 aromatic carbocycles. The van der Waals surface area contributed by atoms with E-state index in [0.717, 1.165) is 37.1 Å². The molecule has 1 aliphatic rings. The minimum atomic E-state index is -0.00608. The third-order valence-corrected chi connectivity index (χ3v) is 4.31. The molecule has 2 rings (SSSR count). The summed E-state index contributed by atoms with van der Waals surface area (Å²) in [7, 11) is 0. The van der Waals surface area contributed by atoms with Gasteiger partial charge in [-0.25, -0.2) is 0 Å². The second-order valence-corrected chi connectivity index (χ2v) is 6.77. The number of piperidine rings is 1. The van der Waals surface area contributed by atoms with Crippen molar-refractivity contribution >= 4 is 5.91 Å². The van der Waals surface area contributed by atoms with Crippen LogP contribution in [0.2, 0.25) is 0 Å². The zero-order valence-corrected chi connectivity index (χ0v) is 14.7. The average molecular weight is 318 g/mol. The topological polar surface area (TPSA) is 41.6 Å². The molecule has 1 heterocycles. The molecule has 4 heteroatoms. The lowest BCUT2D eigenvalue weighted by Crippen LogP contribution is -2.40. The van der Waals surface area contributed by atoms with Gasteiger partial charge < -0.3 is 15.0 Å². The van der Waals surface area contributed by atoms with Crippen LogP contribution < -0.4 is 10.1 Å². The second kappa shape index (κ2) is 8.92. The van der Waals surface area contributed by atoms with E-state index in [1.54, 1.807) is 0 Å². The number of likely N-dealkylation sites (tertiary alicyclic amines) is 1. The number of nitrogens with zero attached hydrogens (tertiary/aromatic N) is 1. The molecule has 1 amide bonds. The molecule has 0 bridgehead atoms. The Kier molecular flexibility index (Phi) is 6.90. The number of nitrogens with one attached hydrogen (secondary N) is 1. The summed E-state index contributed by atoms with van der Waals surface area (Å²) in [5, 5.41) is 3.01. The quantitative estimate of drug-likeness (QED) is 0.785. The first kappa shape index (κ1) is 17.8. The number of ether oxygens (including phenoxy) is 1. The molecule has 1 aromatic rings. The Bertz CT molecular complexity index is 477. The van der Waals surface area contributed by atoms with Gasteiger partial charge in [-0.1, -0.05) is 13.8 Å². The standard InChI is InChI=1S/C19H30N2O2/c1-4-23-18-8-6-17(7-9-18)19(22)20-10-5-11-21-13-15(2)12-16(3)14-21/h6-9,15-16H,4-5,10-14H2,1-3H3,(H,20,22)/t15-,16-/m1/s1. The highest BCUT2D eigenvalue weighted by Gasteiger charge is 2.21. The van der Waals surface area contributed by atoms with Crippen molar-refractivity contribution in [2.75, 3.05) is 32.8 Å². The molecule has 1 saturated heterocycles. The lowest BCUT2D eigenvalue weighted by molar-refractivity contribution is 0.0947. The Labute approximate surface area is 140 Å². The maximum atomic E-state index is 12.1. The average Bonchev–Trinajstić information content (AvgIpc) is 2.51. The first-order chi connectivity index (χ1) is 11.1. The summed E-state index contributed by atoms with van der Waals surface area (Å²) in [4.78, 5) is 14.6. The van der Waals surface area contributed by atoms with E-state index in [-0.39, 0.29) is 5.91 Å². The second-order valence-electron chi connectivity index (χ2n) is 6.77. The van der Waals surface area contributed by atoms with Crippen molar-refractivity contribution < 1.29 is 9.53 Å². The van der Waals surface area contributed by atoms with Crippen LogP contribution in [0.4, 0.5) is 0 Å². The minimum absolute atomic E-state index is 0.00608. The van der Waals surface area contributed by atoms with Gasteiger partial charge in [-0.3, -0.25) is 4.79 Å². The van der Waals surface area contributed by atoms with E-state index in [1.165, 1.54) is 19.5 Å². The van der Waals surface area contributed by atoms with Crippen LogP contribution in [0, 0.1) is 11.8 Å². The SMILES string of the molecule is CCOc1ccc(C(=O)NCCCN2C[C@H](C)C[C@@H](C)C2)cc1. The van der Waals surface area contributed by atoms with E-state index in [9.17, 15) is 4.79 Å². The van der Waals surface area contributed by atoms with Gasteiger partial charge in [0.05, 0.1) is 6.61 Å². The van der Waals surface area contributed by atoms with E-state index in [0.29, 0.717) is 12.2 Å². The van der Waals surface area contributed by atoms with Crippen LogP contribution >= 0.6 is 0 Å². The summed E-state index contributed by atoms with van der Waals surface area (Å²) >= 11 is 0. The molecular weight excluding hydrogens is 288 g/mol. The molecule has 0 unspecified atom stereocenters. The summed E-state index contributed by atoms with van der Waals surface area (Å²) in [5.41, 5.74) is 0.689. The highest BCUT2D eigenvalue weighted by molar-refractivity contribution is 5.94. The van der Waals surface area contributed by atoms with Crippen LogP contribution in [0.3, 0.4) is 0 Å². The third kappa shape index (κ3) is 5.87. The van der Waals surface area contributed by atoms with Crippen LogP contribution in [-0.2, 0) is 0 Å². The fraction of sp³-hybridized carbons (Fsp3) is 0.632. The summed E-state index contributed by atoms with van der Waals surface area (Å²) in [6.45, 7) is 11.4. The zero-order chi connectivity index (χ0) is 16.7. The summed E-state index contributed by atoms with van der Waals surface area (Å²) in [6, 6.07) is 7.31. The Hall–Kier alpha value is -1.55. The molecule has 2 atom stereocenters. The molecule has 0 saturated carbocycles. The summed E-state index contributed by atoms with van der Waals surface area (Å²) in [6.07, 6.45) is 2.34. The van der Waals surface area contributed by atoms with Gasteiger partial charge in [-0.05, 0) is 62.4 Å². The van der Waals surface area contributed by atoms with Crippen LogP contribution in [0.5, 0.6) is 5.75 Å². The van der Waals surface area contributed by atoms with Crippen LogP contribution in [0.1, 0.15) is 44.0 Å². The number of benzene rings is 1. The number of hydrogen-bond donors (Lipinski definition) is 1. The first-order valence-electron chi connectivity index (χ1n) is 8.82. The van der Waals surface area contributed by atoms with E-state index >= 15 is 0 Å². The number of amides is 1. The number of hydrogen-bond acceptors (Lipinski definition) is 3. The minimum Gasteiger partial charge on any atom is -0.494 e. The summed E-state index contributed by atoms with van der Waals surface area (Å²) < 4.78 is 5.39. The van der Waals surface area contributed by atoms with Crippen molar-refractivity contribution in [2.24, 2.45) is 11.8 Å². The molecule has 1 aliphatic heterocycles. The number of carbonyl (C=O) groups is 1. The highest BCUT2D eigenvalue weighted by atomic mass is 16.5. The van der Waals surface area contributed by atoms with Crippen molar-refractivity contribution in [2.45, 2.75) is 33.6 Å². The monoisotopic (exact) mass is 318 g/mol. The Balaban J connectivity index is 1.68. The number of carbonyl (C=O) groups excluding carboxylic acids is 1. The van der Waals surface area contributed by atoms with Crippen molar-refractivity contribution in [1.29, 1.82) is 0 Å². The Morgan fingerprint density at radius 1 is 1.22 bits per heavy atom. The fourth-order valence-corrected chi connectivity index (χ4v) is 3.45. The maximum absolute atomic E-state index is 12.1. The van der Waals surface area contributed by atoms with Gasteiger partial charge in [0.25, 0.3) is 5.91 Å². The predicted molar refractivity (Wildman–Crippen MR) is 93.9 cm³/mol. The molecule has 0 spiro atoms. The molecule has 1 fully saturated rings. The van der Waals surface area contributed by atoms with Gasteiger partial charge in [-0.2, -0.15) is 0 Å². The molecular formula is C19H30N2O2. The van der Waals surface area contributed by atoms with Crippen molar-refractivity contribution in [1.82, 2.24) is 10.2 Å². The van der Waals surface area contributed by atoms with Gasteiger partial charge in [0.2, 0.25) is 0 Å². The molecule has 0 aromatic heterocycles. The van der Waals surface area contributed by atoms with Crippen LogP contribution in [-0.4, -0.2) is 43.6 Å². The third-order valence-electron chi connectivity index (χ3n) is 4.31. The van der Waals surface area contributed by atoms with Crippen LogP contribution in [0.15, 0.2) is 24.3 Å². The lowest BCUT2D eigenvalue weighted by Gasteiger charge is -2.34. The lowest BCUT2D eigenvalue weighted by atomic mass is 9.92. The van der Waals surface area contributed by atoms with Gasteiger partial charge in [0.1, 0.15) is 5.75 Å². The van der Waals surface area contributed by atoms with E-state index < -0.39 is 0 Å². The van der Waals surface area contributed by atoms with Crippen molar-refractivity contribution in [3.63, 3.8) is 0 Å². The van der Waals surface area contributed by atoms with Gasteiger partial charge >= 0.3 is 0 Å².